The number of aliphatic hydroxyl groups is 3. The second-order valence-electron chi connectivity index (χ2n) is 12.1. The van der Waals surface area contributed by atoms with Crippen molar-refractivity contribution in [3.05, 3.63) is 24.0 Å². The average Bonchev–Trinajstić information content (AvgIpc) is 3.53. The highest BCUT2D eigenvalue weighted by Gasteiger charge is 2.47. The van der Waals surface area contributed by atoms with Gasteiger partial charge in [-0.3, -0.25) is 4.79 Å². The van der Waals surface area contributed by atoms with Gasteiger partial charge in [0.05, 0.1) is 23.7 Å². The number of carboxylic acid groups (broad SMARTS) is 1. The van der Waals surface area contributed by atoms with Crippen LogP contribution in [0.5, 0.6) is 0 Å². The first-order chi connectivity index (χ1) is 17.9. The molecular formula is C31H53NO5. The lowest BCUT2D eigenvalue weighted by Crippen LogP contribution is -2.42. The second kappa shape index (κ2) is 15.3. The lowest BCUT2D eigenvalue weighted by molar-refractivity contribution is -0.150. The van der Waals surface area contributed by atoms with Gasteiger partial charge in [0.2, 0.25) is 0 Å². The van der Waals surface area contributed by atoms with E-state index in [1.165, 1.54) is 25.7 Å². The van der Waals surface area contributed by atoms with E-state index in [1.807, 2.05) is 12.3 Å². The monoisotopic (exact) mass is 519 g/mol. The van der Waals surface area contributed by atoms with Crippen molar-refractivity contribution in [2.24, 2.45) is 17.8 Å². The summed E-state index contributed by atoms with van der Waals surface area (Å²) in [5.41, 5.74) is 0.310. The van der Waals surface area contributed by atoms with E-state index in [2.05, 4.69) is 18.0 Å². The molecule has 6 nitrogen and oxygen atoms in total. The van der Waals surface area contributed by atoms with E-state index in [1.54, 1.807) is 0 Å². The van der Waals surface area contributed by atoms with Gasteiger partial charge in [-0.2, -0.15) is 0 Å². The Bertz CT molecular complexity index is 768. The van der Waals surface area contributed by atoms with Crippen LogP contribution in [-0.2, 0) is 4.79 Å². The molecule has 1 heterocycles. The third-order valence-electron chi connectivity index (χ3n) is 9.50. The van der Waals surface area contributed by atoms with Gasteiger partial charge in [0.25, 0.3) is 0 Å². The van der Waals surface area contributed by atoms with Gasteiger partial charge in [-0.25, -0.2) is 0 Å². The van der Waals surface area contributed by atoms with Crippen LogP contribution in [0, 0.1) is 17.8 Å². The minimum absolute atomic E-state index is 0.0824. The van der Waals surface area contributed by atoms with Crippen LogP contribution in [0.4, 0.5) is 0 Å². The van der Waals surface area contributed by atoms with Crippen molar-refractivity contribution in [3.63, 3.8) is 0 Å². The minimum Gasteiger partial charge on any atom is -0.481 e. The molecule has 0 amide bonds. The molecule has 0 spiro atoms. The lowest BCUT2D eigenvalue weighted by Gasteiger charge is -2.39. The maximum absolute atomic E-state index is 12.3. The zero-order valence-electron chi connectivity index (χ0n) is 23.1. The maximum atomic E-state index is 12.3. The Morgan fingerprint density at radius 3 is 2.43 bits per heavy atom. The molecule has 0 aromatic carbocycles. The molecule has 2 aliphatic rings. The summed E-state index contributed by atoms with van der Waals surface area (Å²) in [6, 6.07) is 4.10. The molecule has 37 heavy (non-hydrogen) atoms. The van der Waals surface area contributed by atoms with Gasteiger partial charge >= 0.3 is 5.97 Å². The van der Waals surface area contributed by atoms with Crippen LogP contribution in [0.25, 0.3) is 0 Å². The lowest BCUT2D eigenvalue weighted by atomic mass is 9.69. The number of fused-ring (bicyclic) bond motifs is 1. The topological polar surface area (TPSA) is 114 Å². The van der Waals surface area contributed by atoms with Crippen molar-refractivity contribution in [3.8, 4) is 0 Å². The van der Waals surface area contributed by atoms with Gasteiger partial charge < -0.3 is 25.4 Å². The van der Waals surface area contributed by atoms with Gasteiger partial charge in [-0.15, -0.1) is 0 Å². The number of carboxylic acids is 1. The first-order valence-corrected chi connectivity index (χ1v) is 15.3. The third kappa shape index (κ3) is 8.83. The molecule has 3 rings (SSSR count). The summed E-state index contributed by atoms with van der Waals surface area (Å²) in [5, 5.41) is 43.0. The normalized spacial score (nSPS) is 31.6. The first kappa shape index (κ1) is 30.2. The number of H-pyrrole nitrogens is 1. The van der Waals surface area contributed by atoms with Gasteiger partial charge in [-0.05, 0) is 81.8 Å². The highest BCUT2D eigenvalue weighted by molar-refractivity contribution is 5.71. The van der Waals surface area contributed by atoms with Crippen LogP contribution in [0.15, 0.2) is 18.3 Å². The second-order valence-corrected chi connectivity index (χ2v) is 12.1. The Labute approximate surface area is 224 Å². The minimum atomic E-state index is -0.927. The van der Waals surface area contributed by atoms with E-state index in [0.29, 0.717) is 12.8 Å². The van der Waals surface area contributed by atoms with Crippen molar-refractivity contribution < 1.29 is 25.2 Å². The standard InChI is InChI=1S/C31H53NO5/c1-2-3-4-5-8-13-24(33)14-9-6-7-12-23-17-18-25(27-16-11-22-32-27)26-15-10-20-31(26,37)21-19-28(34)29(23)30(35)36/h11,16,22-26,28-29,32-34,37H,2-10,12-15,17-21H2,1H3,(H,35,36). The molecule has 2 fully saturated rings. The average molecular weight is 520 g/mol. The molecule has 0 aliphatic heterocycles. The number of hydrogen-bond donors (Lipinski definition) is 5. The fourth-order valence-electron chi connectivity index (χ4n) is 7.36. The predicted molar refractivity (Wildman–Crippen MR) is 147 cm³/mol. The van der Waals surface area contributed by atoms with Crippen LogP contribution in [0.2, 0.25) is 0 Å². The van der Waals surface area contributed by atoms with Gasteiger partial charge in [0, 0.05) is 17.8 Å². The molecule has 6 heteroatoms. The van der Waals surface area contributed by atoms with Crippen molar-refractivity contribution in [1.29, 1.82) is 0 Å². The first-order valence-electron chi connectivity index (χ1n) is 15.3. The van der Waals surface area contributed by atoms with Crippen molar-refractivity contribution >= 4 is 5.97 Å². The predicted octanol–water partition coefficient (Wildman–Crippen LogP) is 6.55. The van der Waals surface area contributed by atoms with E-state index in [9.17, 15) is 25.2 Å². The fraction of sp³-hybridized carbons (Fsp3) is 0.839. The van der Waals surface area contributed by atoms with E-state index in [-0.39, 0.29) is 23.9 Å². The van der Waals surface area contributed by atoms with E-state index in [4.69, 9.17) is 0 Å². The number of nitrogens with one attached hydrogen (secondary N) is 1. The molecule has 1 aromatic heterocycles. The molecule has 0 saturated heterocycles. The zero-order chi connectivity index (χ0) is 26.7. The molecule has 7 unspecified atom stereocenters. The Hall–Kier alpha value is -1.37. The number of carbonyl (C=O) groups is 1. The molecule has 5 N–H and O–H groups in total. The fourth-order valence-corrected chi connectivity index (χ4v) is 7.36. The summed E-state index contributed by atoms with van der Waals surface area (Å²) in [6.07, 6.45) is 17.2. The maximum Gasteiger partial charge on any atom is 0.309 e. The van der Waals surface area contributed by atoms with Gasteiger partial charge in [-0.1, -0.05) is 64.7 Å². The number of aromatic nitrogens is 1. The zero-order valence-corrected chi connectivity index (χ0v) is 23.1. The molecule has 0 bridgehead atoms. The highest BCUT2D eigenvalue weighted by atomic mass is 16.4. The van der Waals surface area contributed by atoms with Crippen LogP contribution in [-0.4, -0.2) is 49.2 Å². The van der Waals surface area contributed by atoms with E-state index < -0.39 is 23.6 Å². The Morgan fingerprint density at radius 2 is 1.76 bits per heavy atom. The summed E-state index contributed by atoms with van der Waals surface area (Å²) >= 11 is 0. The molecule has 212 valence electrons. The van der Waals surface area contributed by atoms with Gasteiger partial charge in [0.15, 0.2) is 0 Å². The molecule has 0 radical (unpaired) electrons. The van der Waals surface area contributed by atoms with E-state index >= 15 is 0 Å². The van der Waals surface area contributed by atoms with Crippen molar-refractivity contribution in [1.82, 2.24) is 4.98 Å². The number of aliphatic carboxylic acids is 1. The highest BCUT2D eigenvalue weighted by Crippen LogP contribution is 2.50. The smallest absolute Gasteiger partial charge is 0.309 e. The van der Waals surface area contributed by atoms with E-state index in [0.717, 1.165) is 82.7 Å². The quantitative estimate of drug-likeness (QED) is 0.179. The molecule has 2 saturated carbocycles. The van der Waals surface area contributed by atoms with Crippen LogP contribution in [0.3, 0.4) is 0 Å². The van der Waals surface area contributed by atoms with Crippen molar-refractivity contribution in [2.45, 2.75) is 146 Å². The summed E-state index contributed by atoms with van der Waals surface area (Å²) < 4.78 is 0. The number of aromatic amines is 1. The van der Waals surface area contributed by atoms with Crippen molar-refractivity contribution in [2.75, 3.05) is 0 Å². The van der Waals surface area contributed by atoms with Gasteiger partial charge in [0.1, 0.15) is 0 Å². The summed E-state index contributed by atoms with van der Waals surface area (Å²) in [6.45, 7) is 2.21. The summed E-state index contributed by atoms with van der Waals surface area (Å²) in [4.78, 5) is 15.7. The molecule has 2 aliphatic carbocycles. The summed E-state index contributed by atoms with van der Waals surface area (Å²) in [5.74, 6) is -1.46. The Morgan fingerprint density at radius 1 is 1.03 bits per heavy atom. The third-order valence-corrected chi connectivity index (χ3v) is 9.50. The molecule has 1 aromatic rings. The molecule has 7 atom stereocenters. The van der Waals surface area contributed by atoms with Crippen LogP contribution >= 0.6 is 0 Å². The van der Waals surface area contributed by atoms with Crippen LogP contribution < -0.4 is 0 Å². The number of aliphatic hydroxyl groups excluding tert-OH is 2. The molecular weight excluding hydrogens is 466 g/mol. The SMILES string of the molecule is CCCCCCCC(O)CCCCCC1CCC(c2ccc[nH]2)C2CCCC2(O)CCC(O)C1C(=O)O. The van der Waals surface area contributed by atoms with Crippen LogP contribution in [0.1, 0.15) is 134 Å². The number of hydrogen-bond acceptors (Lipinski definition) is 4. The number of unbranched alkanes of at least 4 members (excludes halogenated alkanes) is 6. The largest absolute Gasteiger partial charge is 0.481 e. The Balaban J connectivity index is 1.57. The summed E-state index contributed by atoms with van der Waals surface area (Å²) in [7, 11) is 0. The Kier molecular flexibility index (Phi) is 12.5. The number of rotatable bonds is 14.